The molecule has 1 fully saturated rings. The number of hydrogen-bond donors (Lipinski definition) is 1. The first kappa shape index (κ1) is 14.7. The summed E-state index contributed by atoms with van der Waals surface area (Å²) in [6, 6.07) is 0.525. The van der Waals surface area contributed by atoms with E-state index in [2.05, 4.69) is 5.32 Å². The highest BCUT2D eigenvalue weighted by atomic mass is 35.5. The number of carbonyl (C=O) groups is 1. The van der Waals surface area contributed by atoms with Crippen LogP contribution in [0.15, 0.2) is 0 Å². The normalized spacial score (nSPS) is 14.5. The molecule has 0 spiro atoms. The van der Waals surface area contributed by atoms with Crippen molar-refractivity contribution in [2.75, 3.05) is 33.4 Å². The van der Waals surface area contributed by atoms with Gasteiger partial charge in [-0.25, -0.2) is 0 Å². The van der Waals surface area contributed by atoms with E-state index in [0.29, 0.717) is 19.2 Å². The van der Waals surface area contributed by atoms with Crippen molar-refractivity contribution in [3.8, 4) is 0 Å². The summed E-state index contributed by atoms with van der Waals surface area (Å²) in [6.07, 6.45) is 2.36. The summed E-state index contributed by atoms with van der Waals surface area (Å²) in [5.74, 6) is 0.214. The summed E-state index contributed by atoms with van der Waals surface area (Å²) < 4.78 is 4.88. The lowest BCUT2D eigenvalue weighted by Crippen LogP contribution is -2.40. The molecule has 0 saturated heterocycles. The van der Waals surface area contributed by atoms with Crippen LogP contribution in [0, 0.1) is 0 Å². The molecule has 0 aromatic carbocycles. The molecular weight excluding hydrogens is 216 g/mol. The molecule has 1 saturated carbocycles. The molecule has 90 valence electrons. The number of ether oxygens (including phenoxy) is 1. The van der Waals surface area contributed by atoms with Crippen molar-refractivity contribution < 1.29 is 9.53 Å². The first-order valence-corrected chi connectivity index (χ1v) is 5.28. The molecule has 15 heavy (non-hydrogen) atoms. The van der Waals surface area contributed by atoms with Gasteiger partial charge < -0.3 is 15.0 Å². The average molecular weight is 237 g/mol. The largest absolute Gasteiger partial charge is 0.383 e. The number of amides is 1. The lowest BCUT2D eigenvalue weighted by molar-refractivity contribution is -0.130. The van der Waals surface area contributed by atoms with Crippen LogP contribution in [-0.2, 0) is 9.53 Å². The summed E-state index contributed by atoms with van der Waals surface area (Å²) in [7, 11) is 1.66. The van der Waals surface area contributed by atoms with Gasteiger partial charge in [-0.1, -0.05) is 0 Å². The van der Waals surface area contributed by atoms with Gasteiger partial charge in [0.2, 0.25) is 5.91 Å². The molecule has 0 heterocycles. The Bertz CT molecular complexity index is 186. The predicted molar refractivity (Wildman–Crippen MR) is 62.4 cm³/mol. The molecule has 0 atom stereocenters. The van der Waals surface area contributed by atoms with E-state index in [1.165, 1.54) is 12.8 Å². The van der Waals surface area contributed by atoms with Gasteiger partial charge in [0.1, 0.15) is 0 Å². The standard InChI is InChI=1S/C10H20N2O2.ClH/c1-3-12(9-4-5-9)10(13)8-11-6-7-14-2;/h9,11H,3-8H2,1-2H3;1H. The van der Waals surface area contributed by atoms with E-state index in [9.17, 15) is 4.79 Å². The van der Waals surface area contributed by atoms with Gasteiger partial charge in [-0.2, -0.15) is 0 Å². The lowest BCUT2D eigenvalue weighted by Gasteiger charge is -2.20. The van der Waals surface area contributed by atoms with Crippen LogP contribution < -0.4 is 5.32 Å². The number of rotatable bonds is 7. The molecule has 5 heteroatoms. The van der Waals surface area contributed by atoms with E-state index in [1.807, 2.05) is 11.8 Å². The van der Waals surface area contributed by atoms with Gasteiger partial charge in [0.25, 0.3) is 0 Å². The fourth-order valence-corrected chi connectivity index (χ4v) is 1.50. The highest BCUT2D eigenvalue weighted by Gasteiger charge is 2.30. The second-order valence-corrected chi connectivity index (χ2v) is 3.58. The Kier molecular flexibility index (Phi) is 7.74. The summed E-state index contributed by atoms with van der Waals surface area (Å²) >= 11 is 0. The van der Waals surface area contributed by atoms with Crippen LogP contribution >= 0.6 is 12.4 Å². The van der Waals surface area contributed by atoms with Gasteiger partial charge in [-0.05, 0) is 19.8 Å². The van der Waals surface area contributed by atoms with Gasteiger partial charge in [-0.3, -0.25) is 4.79 Å². The first-order valence-electron chi connectivity index (χ1n) is 5.28. The number of methoxy groups -OCH3 is 1. The highest BCUT2D eigenvalue weighted by molar-refractivity contribution is 5.85. The lowest BCUT2D eigenvalue weighted by atomic mass is 10.4. The van der Waals surface area contributed by atoms with Crippen molar-refractivity contribution in [3.05, 3.63) is 0 Å². The van der Waals surface area contributed by atoms with E-state index in [4.69, 9.17) is 4.74 Å². The van der Waals surface area contributed by atoms with Crippen molar-refractivity contribution in [1.29, 1.82) is 0 Å². The molecule has 0 unspecified atom stereocenters. The van der Waals surface area contributed by atoms with Crippen LogP contribution in [0.25, 0.3) is 0 Å². The van der Waals surface area contributed by atoms with Crippen LogP contribution in [0.5, 0.6) is 0 Å². The number of hydrogen-bond acceptors (Lipinski definition) is 3. The number of likely N-dealkylation sites (N-methyl/N-ethyl adjacent to an activating group) is 1. The molecule has 4 nitrogen and oxygen atoms in total. The van der Waals surface area contributed by atoms with E-state index >= 15 is 0 Å². The van der Waals surface area contributed by atoms with Crippen LogP contribution in [-0.4, -0.2) is 50.2 Å². The molecule has 1 rings (SSSR count). The summed E-state index contributed by atoms with van der Waals surface area (Å²) in [5, 5.41) is 3.07. The topological polar surface area (TPSA) is 41.6 Å². The van der Waals surface area contributed by atoms with Crippen molar-refractivity contribution in [2.45, 2.75) is 25.8 Å². The quantitative estimate of drug-likeness (QED) is 0.661. The Balaban J connectivity index is 0.00000196. The molecule has 0 aromatic heterocycles. The van der Waals surface area contributed by atoms with E-state index in [1.54, 1.807) is 7.11 Å². The summed E-state index contributed by atoms with van der Waals surface area (Å²) in [5.41, 5.74) is 0. The van der Waals surface area contributed by atoms with Crippen LogP contribution in [0.4, 0.5) is 0 Å². The van der Waals surface area contributed by atoms with Gasteiger partial charge in [0.15, 0.2) is 0 Å². The van der Waals surface area contributed by atoms with Crippen molar-refractivity contribution in [2.24, 2.45) is 0 Å². The van der Waals surface area contributed by atoms with Crippen LogP contribution in [0.1, 0.15) is 19.8 Å². The Labute approximate surface area is 97.8 Å². The smallest absolute Gasteiger partial charge is 0.236 e. The molecule has 1 aliphatic rings. The molecule has 1 N–H and O–H groups in total. The van der Waals surface area contributed by atoms with E-state index < -0.39 is 0 Å². The van der Waals surface area contributed by atoms with Gasteiger partial charge in [0, 0.05) is 26.2 Å². The Morgan fingerprint density at radius 2 is 2.20 bits per heavy atom. The third-order valence-corrected chi connectivity index (χ3v) is 2.41. The van der Waals surface area contributed by atoms with Crippen molar-refractivity contribution >= 4 is 18.3 Å². The maximum Gasteiger partial charge on any atom is 0.236 e. The highest BCUT2D eigenvalue weighted by Crippen LogP contribution is 2.26. The molecule has 0 aliphatic heterocycles. The number of nitrogens with one attached hydrogen (secondary N) is 1. The molecule has 1 aliphatic carbocycles. The van der Waals surface area contributed by atoms with E-state index in [0.717, 1.165) is 13.1 Å². The number of nitrogens with zero attached hydrogens (tertiary/aromatic N) is 1. The zero-order valence-corrected chi connectivity index (χ0v) is 10.3. The third-order valence-electron chi connectivity index (χ3n) is 2.41. The molecule has 0 aromatic rings. The molecule has 0 radical (unpaired) electrons. The minimum Gasteiger partial charge on any atom is -0.383 e. The van der Waals surface area contributed by atoms with Gasteiger partial charge in [-0.15, -0.1) is 12.4 Å². The van der Waals surface area contributed by atoms with Gasteiger partial charge >= 0.3 is 0 Å². The monoisotopic (exact) mass is 236 g/mol. The second-order valence-electron chi connectivity index (χ2n) is 3.58. The predicted octanol–water partition coefficient (Wildman–Crippen LogP) is 0.655. The Morgan fingerprint density at radius 1 is 1.53 bits per heavy atom. The summed E-state index contributed by atoms with van der Waals surface area (Å²) in [4.78, 5) is 13.6. The Morgan fingerprint density at radius 3 is 2.67 bits per heavy atom. The Hall–Kier alpha value is -0.320. The zero-order chi connectivity index (χ0) is 10.4. The first-order chi connectivity index (χ1) is 6.79. The maximum atomic E-state index is 11.6. The van der Waals surface area contributed by atoms with Crippen LogP contribution in [0.2, 0.25) is 0 Å². The minimum atomic E-state index is 0. The third kappa shape index (κ3) is 5.35. The van der Waals surface area contributed by atoms with Gasteiger partial charge in [0.05, 0.1) is 13.2 Å². The average Bonchev–Trinajstić information content (AvgIpc) is 2.98. The summed E-state index contributed by atoms with van der Waals surface area (Å²) in [6.45, 7) is 4.70. The van der Waals surface area contributed by atoms with Crippen molar-refractivity contribution in [3.63, 3.8) is 0 Å². The van der Waals surface area contributed by atoms with Crippen LogP contribution in [0.3, 0.4) is 0 Å². The second kappa shape index (κ2) is 7.91. The fourth-order valence-electron chi connectivity index (χ4n) is 1.50. The molecule has 1 amide bonds. The van der Waals surface area contributed by atoms with Crippen molar-refractivity contribution in [1.82, 2.24) is 10.2 Å². The molecular formula is C10H21ClN2O2. The SMILES string of the molecule is CCN(C(=O)CNCCOC)C1CC1.Cl. The maximum absolute atomic E-state index is 11.6. The minimum absolute atomic E-state index is 0. The fraction of sp³-hybridized carbons (Fsp3) is 0.900. The molecule has 0 bridgehead atoms. The number of halogens is 1. The van der Waals surface area contributed by atoms with E-state index in [-0.39, 0.29) is 18.3 Å². The zero-order valence-electron chi connectivity index (χ0n) is 9.49. The number of carbonyl (C=O) groups excluding carboxylic acids is 1.